The van der Waals surface area contributed by atoms with Gasteiger partial charge >= 0.3 is 0 Å². The van der Waals surface area contributed by atoms with Crippen molar-refractivity contribution in [3.05, 3.63) is 64.7 Å². The molecule has 22 heavy (non-hydrogen) atoms. The maximum Gasteiger partial charge on any atom is 0.0441 e. The fourth-order valence-corrected chi connectivity index (χ4v) is 3.13. The van der Waals surface area contributed by atoms with Crippen molar-refractivity contribution in [2.24, 2.45) is 5.73 Å². The Morgan fingerprint density at radius 3 is 2.18 bits per heavy atom. The number of hydrogen-bond donors (Lipinski definition) is 1. The smallest absolute Gasteiger partial charge is 0.0441 e. The zero-order chi connectivity index (χ0) is 15.9. The van der Waals surface area contributed by atoms with Gasteiger partial charge in [-0.2, -0.15) is 0 Å². The van der Waals surface area contributed by atoms with Gasteiger partial charge < -0.3 is 10.6 Å². The molecule has 0 saturated heterocycles. The molecule has 1 unspecified atom stereocenters. The fourth-order valence-electron chi connectivity index (χ4n) is 2.84. The Kier molecular flexibility index (Phi) is 6.29. The molecule has 0 aliphatic heterocycles. The van der Waals surface area contributed by atoms with Gasteiger partial charge in [0.05, 0.1) is 0 Å². The summed E-state index contributed by atoms with van der Waals surface area (Å²) in [6.07, 6.45) is 0.915. The van der Waals surface area contributed by atoms with E-state index in [1.54, 1.807) is 0 Å². The number of nitrogens with two attached hydrogens (primary N) is 1. The highest BCUT2D eigenvalue weighted by Crippen LogP contribution is 2.27. The van der Waals surface area contributed by atoms with Crippen molar-refractivity contribution in [1.29, 1.82) is 0 Å². The predicted molar refractivity (Wildman–Crippen MR) is 97.0 cm³/mol. The average molecular weight is 317 g/mol. The average Bonchev–Trinajstić information content (AvgIpc) is 2.56. The Labute approximate surface area is 138 Å². The highest BCUT2D eigenvalue weighted by Gasteiger charge is 2.14. The van der Waals surface area contributed by atoms with Crippen molar-refractivity contribution in [2.75, 3.05) is 24.5 Å². The van der Waals surface area contributed by atoms with Gasteiger partial charge in [0.2, 0.25) is 0 Å². The summed E-state index contributed by atoms with van der Waals surface area (Å²) in [4.78, 5) is 2.35. The van der Waals surface area contributed by atoms with E-state index in [1.165, 1.54) is 11.3 Å². The van der Waals surface area contributed by atoms with Gasteiger partial charge in [0, 0.05) is 29.7 Å². The van der Waals surface area contributed by atoms with Gasteiger partial charge in [-0.1, -0.05) is 41.9 Å². The van der Waals surface area contributed by atoms with Crippen LogP contribution >= 0.6 is 11.6 Å². The second-order valence-corrected chi connectivity index (χ2v) is 5.90. The van der Waals surface area contributed by atoms with Crippen molar-refractivity contribution in [2.45, 2.75) is 26.2 Å². The summed E-state index contributed by atoms with van der Waals surface area (Å²) in [7, 11) is 0. The van der Waals surface area contributed by atoms with Gasteiger partial charge in [0.25, 0.3) is 0 Å². The van der Waals surface area contributed by atoms with Crippen LogP contribution < -0.4 is 10.6 Å². The van der Waals surface area contributed by atoms with Crippen LogP contribution in [0.5, 0.6) is 0 Å². The molecule has 0 aromatic heterocycles. The van der Waals surface area contributed by atoms with Crippen LogP contribution in [-0.4, -0.2) is 19.6 Å². The Hall–Kier alpha value is -1.51. The first-order valence-corrected chi connectivity index (χ1v) is 8.35. The third-order valence-corrected chi connectivity index (χ3v) is 4.52. The predicted octanol–water partition coefficient (Wildman–Crippen LogP) is 4.47. The Morgan fingerprint density at radius 1 is 1.00 bits per heavy atom. The summed E-state index contributed by atoms with van der Waals surface area (Å²) in [5, 5.41) is 0.803. The van der Waals surface area contributed by atoms with Crippen molar-refractivity contribution >= 4 is 17.3 Å². The molecule has 2 rings (SSSR count). The summed E-state index contributed by atoms with van der Waals surface area (Å²) in [6.45, 7) is 7.02. The number of hydrogen-bond acceptors (Lipinski definition) is 2. The third kappa shape index (κ3) is 4.02. The molecule has 0 aliphatic carbocycles. The zero-order valence-corrected chi connectivity index (χ0v) is 14.2. The van der Waals surface area contributed by atoms with Gasteiger partial charge in [-0.3, -0.25) is 0 Å². The lowest BCUT2D eigenvalue weighted by Crippen LogP contribution is -2.21. The number of rotatable bonds is 7. The van der Waals surface area contributed by atoms with E-state index in [0.717, 1.165) is 30.1 Å². The van der Waals surface area contributed by atoms with Crippen LogP contribution in [0.1, 0.15) is 30.9 Å². The number of nitrogens with zero attached hydrogens (tertiary/aromatic N) is 1. The molecular weight excluding hydrogens is 292 g/mol. The monoisotopic (exact) mass is 316 g/mol. The quantitative estimate of drug-likeness (QED) is 0.816. The molecular formula is C19H25ClN2. The zero-order valence-electron chi connectivity index (χ0n) is 13.4. The maximum atomic E-state index is 6.31. The Morgan fingerprint density at radius 2 is 1.64 bits per heavy atom. The summed E-state index contributed by atoms with van der Waals surface area (Å²) in [6, 6.07) is 16.8. The SMILES string of the molecule is CCN(CC)c1ccc(CC(CN)c2ccccc2Cl)cc1. The molecule has 1 atom stereocenters. The van der Waals surface area contributed by atoms with E-state index < -0.39 is 0 Å². The minimum Gasteiger partial charge on any atom is -0.372 e. The summed E-state index contributed by atoms with van der Waals surface area (Å²) >= 11 is 6.31. The molecule has 3 heteroatoms. The standard InChI is InChI=1S/C19H25ClN2/c1-3-22(4-2)17-11-9-15(10-12-17)13-16(14-21)18-7-5-6-8-19(18)20/h5-12,16H,3-4,13-14,21H2,1-2H3. The molecule has 0 saturated carbocycles. The first kappa shape index (κ1) is 16.9. The topological polar surface area (TPSA) is 29.3 Å². The van der Waals surface area contributed by atoms with Gasteiger partial charge in [0.1, 0.15) is 0 Å². The Balaban J connectivity index is 2.13. The lowest BCUT2D eigenvalue weighted by atomic mass is 9.92. The van der Waals surface area contributed by atoms with E-state index in [9.17, 15) is 0 Å². The maximum absolute atomic E-state index is 6.31. The normalized spacial score (nSPS) is 12.2. The highest BCUT2D eigenvalue weighted by molar-refractivity contribution is 6.31. The molecule has 2 aromatic rings. The van der Waals surface area contributed by atoms with Gasteiger partial charge in [-0.15, -0.1) is 0 Å². The first-order valence-electron chi connectivity index (χ1n) is 7.97. The van der Waals surface area contributed by atoms with Crippen molar-refractivity contribution < 1.29 is 0 Å². The molecule has 0 heterocycles. The molecule has 118 valence electrons. The molecule has 2 N–H and O–H groups in total. The first-order chi connectivity index (χ1) is 10.7. The van der Waals surface area contributed by atoms with Crippen molar-refractivity contribution in [3.8, 4) is 0 Å². The molecule has 0 radical (unpaired) electrons. The molecule has 0 bridgehead atoms. The van der Waals surface area contributed by atoms with Crippen molar-refractivity contribution in [1.82, 2.24) is 0 Å². The Bertz CT molecular complexity index is 576. The van der Waals surface area contributed by atoms with E-state index in [4.69, 9.17) is 17.3 Å². The number of benzene rings is 2. The van der Waals surface area contributed by atoms with E-state index >= 15 is 0 Å². The largest absolute Gasteiger partial charge is 0.372 e. The van der Waals surface area contributed by atoms with Crippen LogP contribution in [0.2, 0.25) is 5.02 Å². The summed E-state index contributed by atoms with van der Waals surface area (Å²) < 4.78 is 0. The van der Waals surface area contributed by atoms with Crippen LogP contribution in [0.15, 0.2) is 48.5 Å². The minimum atomic E-state index is 0.257. The lowest BCUT2D eigenvalue weighted by molar-refractivity contribution is 0.694. The molecule has 0 amide bonds. The van der Waals surface area contributed by atoms with Gasteiger partial charge in [-0.05, 0) is 56.1 Å². The molecule has 0 spiro atoms. The second kappa shape index (κ2) is 8.21. The second-order valence-electron chi connectivity index (χ2n) is 5.50. The van der Waals surface area contributed by atoms with E-state index in [1.807, 2.05) is 18.2 Å². The van der Waals surface area contributed by atoms with Crippen LogP contribution in [0, 0.1) is 0 Å². The molecule has 0 aliphatic rings. The van der Waals surface area contributed by atoms with Crippen LogP contribution in [0.25, 0.3) is 0 Å². The number of anilines is 1. The minimum absolute atomic E-state index is 0.257. The van der Waals surface area contributed by atoms with Crippen LogP contribution in [0.4, 0.5) is 5.69 Å². The van der Waals surface area contributed by atoms with Gasteiger partial charge in [-0.25, -0.2) is 0 Å². The summed E-state index contributed by atoms with van der Waals surface area (Å²) in [5.41, 5.74) is 9.69. The van der Waals surface area contributed by atoms with E-state index in [2.05, 4.69) is 49.1 Å². The lowest BCUT2D eigenvalue weighted by Gasteiger charge is -2.22. The molecule has 2 aromatic carbocycles. The summed E-state index contributed by atoms with van der Waals surface area (Å²) in [5.74, 6) is 0.257. The van der Waals surface area contributed by atoms with E-state index in [-0.39, 0.29) is 5.92 Å². The number of halogens is 1. The molecule has 2 nitrogen and oxygen atoms in total. The third-order valence-electron chi connectivity index (χ3n) is 4.18. The van der Waals surface area contributed by atoms with Crippen molar-refractivity contribution in [3.63, 3.8) is 0 Å². The van der Waals surface area contributed by atoms with Crippen LogP contribution in [-0.2, 0) is 6.42 Å². The van der Waals surface area contributed by atoms with E-state index in [0.29, 0.717) is 6.54 Å². The molecule has 0 fully saturated rings. The van der Waals surface area contributed by atoms with Gasteiger partial charge in [0.15, 0.2) is 0 Å². The highest BCUT2D eigenvalue weighted by atomic mass is 35.5. The fraction of sp³-hybridized carbons (Fsp3) is 0.368. The van der Waals surface area contributed by atoms with Crippen LogP contribution in [0.3, 0.4) is 0 Å².